The van der Waals surface area contributed by atoms with E-state index < -0.39 is 0 Å². The lowest BCUT2D eigenvalue weighted by atomic mass is 9.85. The summed E-state index contributed by atoms with van der Waals surface area (Å²) in [7, 11) is 0. The average Bonchev–Trinajstić information content (AvgIpc) is 2.58. The van der Waals surface area contributed by atoms with E-state index in [1.165, 1.54) is 0 Å². The van der Waals surface area contributed by atoms with Crippen molar-refractivity contribution in [3.05, 3.63) is 12.3 Å². The molecule has 0 aromatic carbocycles. The molecule has 1 amide bonds. The van der Waals surface area contributed by atoms with Gasteiger partial charge in [0.1, 0.15) is 0 Å². The molecule has 140 valence electrons. The monoisotopic (exact) mass is 478 g/mol. The number of carbonyl (C=O) groups is 1. The van der Waals surface area contributed by atoms with E-state index in [2.05, 4.69) is 37.7 Å². The van der Waals surface area contributed by atoms with Crippen molar-refractivity contribution in [2.24, 2.45) is 5.92 Å². The van der Waals surface area contributed by atoms with Gasteiger partial charge in [-0.15, -0.1) is 0 Å². The van der Waals surface area contributed by atoms with Gasteiger partial charge in [0.25, 0.3) is 0 Å². The molecule has 0 bridgehead atoms. The number of nitrogens with zero attached hydrogens (tertiary/aromatic N) is 1. The number of nitrogens with one attached hydrogen (secondary N) is 2. The lowest BCUT2D eigenvalue weighted by Crippen LogP contribution is -2.38. The van der Waals surface area contributed by atoms with Gasteiger partial charge < -0.3 is 21.1 Å². The first-order chi connectivity index (χ1) is 12.0. The van der Waals surface area contributed by atoms with Gasteiger partial charge in [-0.25, -0.2) is 4.98 Å². The molecule has 25 heavy (non-hydrogen) atoms. The quantitative estimate of drug-likeness (QED) is 0.302. The maximum absolute atomic E-state index is 12.1. The van der Waals surface area contributed by atoms with Crippen LogP contribution in [0.1, 0.15) is 39.5 Å². The molecule has 1 aliphatic carbocycles. The molecule has 0 aliphatic heterocycles. The molecule has 4 N–H and O–H groups in total. The van der Waals surface area contributed by atoms with Crippen LogP contribution in [0.2, 0.25) is 0 Å². The fourth-order valence-electron chi connectivity index (χ4n) is 2.97. The van der Waals surface area contributed by atoms with Crippen LogP contribution in [0.25, 0.3) is 0 Å². The van der Waals surface area contributed by atoms with Crippen molar-refractivity contribution >= 4 is 45.5 Å². The number of nitrogen functional groups attached to an aromatic ring is 1. The Kier molecular flexibility index (Phi) is 8.49. The van der Waals surface area contributed by atoms with E-state index in [1.807, 2.05) is 19.9 Å². The summed E-state index contributed by atoms with van der Waals surface area (Å²) in [5, 5.41) is 6.52. The minimum absolute atomic E-state index is 0.128. The molecule has 1 aromatic heterocycles. The molecule has 8 heteroatoms. The molecule has 0 spiro atoms. The van der Waals surface area contributed by atoms with Gasteiger partial charge in [0, 0.05) is 30.2 Å². The van der Waals surface area contributed by atoms with Crippen molar-refractivity contribution in [3.63, 3.8) is 0 Å². The van der Waals surface area contributed by atoms with E-state index in [-0.39, 0.29) is 17.9 Å². The van der Waals surface area contributed by atoms with Crippen LogP contribution in [-0.2, 0) is 4.79 Å². The number of aromatic nitrogens is 1. The molecular weight excluding hydrogens is 450 g/mol. The highest BCUT2D eigenvalue weighted by atomic mass is 127. The molecule has 1 aromatic rings. The SMILES string of the molecule is CC(C)NC(=O)C1CCC(Nc2cc(OCCPI)ncc2N)CC1. The van der Waals surface area contributed by atoms with E-state index >= 15 is 0 Å². The zero-order valence-electron chi connectivity index (χ0n) is 14.8. The number of pyridine rings is 1. The number of halogens is 1. The third-order valence-corrected chi connectivity index (χ3v) is 6.26. The number of ether oxygens (including phenoxy) is 1. The standard InChI is InChI=1S/C17H28IN4O2P/c1-11(2)21-17(23)12-3-5-13(6-4-12)22-15-9-16(20-10-14(15)19)24-7-8-25-18/h9-13,25H,3-8,19H2,1-2H3,(H,20,22)(H,21,23). The van der Waals surface area contributed by atoms with Crippen LogP contribution in [0, 0.1) is 5.92 Å². The van der Waals surface area contributed by atoms with Gasteiger partial charge in [-0.3, -0.25) is 4.79 Å². The van der Waals surface area contributed by atoms with Gasteiger partial charge in [-0.1, -0.05) is 28.3 Å². The molecular formula is C17H28IN4O2P. The number of carbonyl (C=O) groups excluding carboxylic acids is 1. The Morgan fingerprint density at radius 3 is 2.80 bits per heavy atom. The molecule has 6 nitrogen and oxygen atoms in total. The van der Waals surface area contributed by atoms with Gasteiger partial charge in [-0.2, -0.15) is 0 Å². The van der Waals surface area contributed by atoms with Crippen molar-refractivity contribution in [2.45, 2.75) is 51.6 Å². The van der Waals surface area contributed by atoms with Crippen molar-refractivity contribution in [1.29, 1.82) is 0 Å². The van der Waals surface area contributed by atoms with Crippen LogP contribution in [0.3, 0.4) is 0 Å². The fourth-order valence-corrected chi connectivity index (χ4v) is 3.81. The first kappa shape index (κ1) is 20.5. The Balaban J connectivity index is 1.86. The molecule has 1 unspecified atom stereocenters. The van der Waals surface area contributed by atoms with Crippen LogP contribution in [0.4, 0.5) is 11.4 Å². The molecule has 1 aliphatic rings. The predicted octanol–water partition coefficient (Wildman–Crippen LogP) is 3.57. The number of amides is 1. The normalized spacial score (nSPS) is 20.8. The lowest BCUT2D eigenvalue weighted by molar-refractivity contribution is -0.126. The Labute approximate surface area is 164 Å². The lowest BCUT2D eigenvalue weighted by Gasteiger charge is -2.30. The number of hydrogen-bond acceptors (Lipinski definition) is 5. The predicted molar refractivity (Wildman–Crippen MR) is 114 cm³/mol. The third-order valence-electron chi connectivity index (χ3n) is 4.24. The fraction of sp³-hybridized carbons (Fsp3) is 0.647. The van der Waals surface area contributed by atoms with Gasteiger partial charge in [-0.05, 0) is 39.5 Å². The number of rotatable bonds is 8. The highest BCUT2D eigenvalue weighted by Gasteiger charge is 2.26. The second kappa shape index (κ2) is 10.4. The Hall–Kier alpha value is -0.820. The van der Waals surface area contributed by atoms with Crippen LogP contribution in [-0.4, -0.2) is 35.7 Å². The maximum Gasteiger partial charge on any atom is 0.223 e. The topological polar surface area (TPSA) is 89.3 Å². The summed E-state index contributed by atoms with van der Waals surface area (Å²) < 4.78 is 5.66. The Morgan fingerprint density at radius 1 is 1.44 bits per heavy atom. The van der Waals surface area contributed by atoms with Crippen molar-refractivity contribution in [1.82, 2.24) is 10.3 Å². The summed E-state index contributed by atoms with van der Waals surface area (Å²) in [4.78, 5) is 16.3. The smallest absolute Gasteiger partial charge is 0.223 e. The van der Waals surface area contributed by atoms with Crippen molar-refractivity contribution in [3.8, 4) is 5.88 Å². The van der Waals surface area contributed by atoms with Gasteiger partial charge in [0.2, 0.25) is 11.8 Å². The summed E-state index contributed by atoms with van der Waals surface area (Å²) in [5.41, 5.74) is 7.55. The first-order valence-corrected chi connectivity index (χ1v) is 13.1. The summed E-state index contributed by atoms with van der Waals surface area (Å²) in [5.74, 6) is 0.920. The summed E-state index contributed by atoms with van der Waals surface area (Å²) in [6, 6.07) is 2.41. The maximum atomic E-state index is 12.1. The highest BCUT2D eigenvalue weighted by Crippen LogP contribution is 2.30. The van der Waals surface area contributed by atoms with Crippen molar-refractivity contribution < 1.29 is 9.53 Å². The van der Waals surface area contributed by atoms with Crippen LogP contribution in [0.15, 0.2) is 12.3 Å². The zero-order chi connectivity index (χ0) is 18.2. The molecule has 0 saturated heterocycles. The van der Waals surface area contributed by atoms with Crippen LogP contribution < -0.4 is 21.1 Å². The van der Waals surface area contributed by atoms with Crippen LogP contribution in [0.5, 0.6) is 5.88 Å². The van der Waals surface area contributed by atoms with E-state index in [0.717, 1.165) is 43.8 Å². The van der Waals surface area contributed by atoms with E-state index in [4.69, 9.17) is 10.5 Å². The van der Waals surface area contributed by atoms with Gasteiger partial charge in [0.05, 0.1) is 24.2 Å². The Bertz CT molecular complexity index is 566. The second-order valence-electron chi connectivity index (χ2n) is 6.70. The van der Waals surface area contributed by atoms with Crippen LogP contribution >= 0.6 is 28.3 Å². The first-order valence-electron chi connectivity index (χ1n) is 8.78. The van der Waals surface area contributed by atoms with E-state index in [1.54, 1.807) is 6.20 Å². The second-order valence-corrected chi connectivity index (χ2v) is 9.75. The molecule has 0 radical (unpaired) electrons. The van der Waals surface area contributed by atoms with E-state index in [0.29, 0.717) is 24.2 Å². The molecule has 1 saturated carbocycles. The largest absolute Gasteiger partial charge is 0.477 e. The van der Waals surface area contributed by atoms with Gasteiger partial charge >= 0.3 is 0 Å². The average molecular weight is 478 g/mol. The number of nitrogens with two attached hydrogens (primary N) is 1. The number of anilines is 2. The minimum Gasteiger partial charge on any atom is -0.477 e. The molecule has 2 rings (SSSR count). The molecule has 1 fully saturated rings. The minimum atomic E-state index is 0.128. The summed E-state index contributed by atoms with van der Waals surface area (Å²) in [6.07, 6.45) is 7.25. The molecule has 1 heterocycles. The summed E-state index contributed by atoms with van der Waals surface area (Å²) >= 11 is 2.36. The highest BCUT2D eigenvalue weighted by molar-refractivity contribution is 14.2. The third kappa shape index (κ3) is 6.77. The van der Waals surface area contributed by atoms with Crippen molar-refractivity contribution in [2.75, 3.05) is 23.8 Å². The van der Waals surface area contributed by atoms with E-state index in [9.17, 15) is 4.79 Å². The molecule has 1 atom stereocenters. The van der Waals surface area contributed by atoms with Gasteiger partial charge in [0.15, 0.2) is 0 Å². The number of hydrogen-bond donors (Lipinski definition) is 3. The zero-order valence-corrected chi connectivity index (χ0v) is 18.0. The Morgan fingerprint density at radius 2 is 2.16 bits per heavy atom. The summed E-state index contributed by atoms with van der Waals surface area (Å²) in [6.45, 7) is 4.67.